The normalized spacial score (nSPS) is 10.0. The van der Waals surface area contributed by atoms with Crippen molar-refractivity contribution in [2.24, 2.45) is 0 Å². The second-order valence-corrected chi connectivity index (χ2v) is 3.02. The van der Waals surface area contributed by atoms with Gasteiger partial charge in [-0.2, -0.15) is 4.98 Å². The highest BCUT2D eigenvalue weighted by Crippen LogP contribution is 2.01. The van der Waals surface area contributed by atoms with Gasteiger partial charge in [-0.15, -0.1) is 6.42 Å². The lowest BCUT2D eigenvalue weighted by molar-refractivity contribution is 0.365. The predicted molar refractivity (Wildman–Crippen MR) is 53.4 cm³/mol. The molecule has 76 valence electrons. The number of nitrogens with zero attached hydrogens (tertiary/aromatic N) is 2. The molecule has 0 aromatic carbocycles. The quantitative estimate of drug-likeness (QED) is 0.543. The first-order valence-corrected chi connectivity index (χ1v) is 4.82. The molecule has 1 heterocycles. The smallest absolute Gasteiger partial charge is 0.240 e. The van der Waals surface area contributed by atoms with Crippen LogP contribution < -0.4 is 5.32 Å². The first-order valence-electron chi connectivity index (χ1n) is 4.82. The van der Waals surface area contributed by atoms with Gasteiger partial charge in [0.15, 0.2) is 5.82 Å². The maximum atomic E-state index is 5.08. The van der Waals surface area contributed by atoms with Crippen molar-refractivity contribution in [1.29, 1.82) is 0 Å². The number of terminal acetylenes is 1. The van der Waals surface area contributed by atoms with Crippen LogP contribution >= 0.6 is 0 Å². The molecule has 0 unspecified atom stereocenters. The molecule has 0 aliphatic heterocycles. The van der Waals surface area contributed by atoms with Gasteiger partial charge >= 0.3 is 0 Å². The summed E-state index contributed by atoms with van der Waals surface area (Å²) < 4.78 is 5.02. The second-order valence-electron chi connectivity index (χ2n) is 3.02. The summed E-state index contributed by atoms with van der Waals surface area (Å²) in [6.45, 7) is 3.20. The van der Waals surface area contributed by atoms with E-state index in [-0.39, 0.29) is 0 Å². The summed E-state index contributed by atoms with van der Waals surface area (Å²) >= 11 is 0. The van der Waals surface area contributed by atoms with Crippen LogP contribution in [0.4, 0.5) is 0 Å². The molecule has 1 aromatic rings. The lowest BCUT2D eigenvalue weighted by Gasteiger charge is -1.92. The Labute approximate surface area is 84.1 Å². The molecule has 0 atom stereocenters. The van der Waals surface area contributed by atoms with Gasteiger partial charge in [0.05, 0.1) is 13.1 Å². The third kappa shape index (κ3) is 3.58. The third-order valence-electron chi connectivity index (χ3n) is 1.77. The van der Waals surface area contributed by atoms with Gasteiger partial charge in [-0.25, -0.2) is 0 Å². The van der Waals surface area contributed by atoms with Crippen molar-refractivity contribution in [3.63, 3.8) is 0 Å². The van der Waals surface area contributed by atoms with Gasteiger partial charge < -0.3 is 4.52 Å². The van der Waals surface area contributed by atoms with Crippen molar-refractivity contribution in [1.82, 2.24) is 15.5 Å². The topological polar surface area (TPSA) is 51.0 Å². The van der Waals surface area contributed by atoms with Crippen LogP contribution in [0.1, 0.15) is 31.5 Å². The van der Waals surface area contributed by atoms with Crippen LogP contribution in [0, 0.1) is 12.3 Å². The van der Waals surface area contributed by atoms with Crippen LogP contribution in [-0.2, 0) is 13.0 Å². The largest absolute Gasteiger partial charge is 0.338 e. The van der Waals surface area contributed by atoms with E-state index in [2.05, 4.69) is 28.3 Å². The van der Waals surface area contributed by atoms with Crippen LogP contribution in [0.3, 0.4) is 0 Å². The number of rotatable bonds is 6. The number of unbranched alkanes of at least 4 members (excludes halogenated alkanes) is 1. The van der Waals surface area contributed by atoms with Crippen LogP contribution in [0.25, 0.3) is 0 Å². The Hall–Kier alpha value is -1.34. The summed E-state index contributed by atoms with van der Waals surface area (Å²) in [6.07, 6.45) is 8.20. The van der Waals surface area contributed by atoms with Crippen LogP contribution in [-0.4, -0.2) is 16.7 Å². The fraction of sp³-hybridized carbons (Fsp3) is 0.600. The Balaban J connectivity index is 2.32. The summed E-state index contributed by atoms with van der Waals surface area (Å²) in [5.41, 5.74) is 0. The van der Waals surface area contributed by atoms with Gasteiger partial charge in [0.25, 0.3) is 0 Å². The van der Waals surface area contributed by atoms with E-state index in [9.17, 15) is 0 Å². The minimum atomic E-state index is 0.521. The third-order valence-corrected chi connectivity index (χ3v) is 1.77. The highest BCUT2D eigenvalue weighted by atomic mass is 16.5. The maximum absolute atomic E-state index is 5.08. The molecule has 0 saturated heterocycles. The molecule has 1 rings (SSSR count). The maximum Gasteiger partial charge on any atom is 0.240 e. The Morgan fingerprint density at radius 3 is 3.14 bits per heavy atom. The van der Waals surface area contributed by atoms with E-state index < -0.39 is 0 Å². The predicted octanol–water partition coefficient (Wildman–Crippen LogP) is 1.14. The minimum absolute atomic E-state index is 0.521. The molecule has 0 radical (unpaired) electrons. The summed E-state index contributed by atoms with van der Waals surface area (Å²) in [5.74, 6) is 3.86. The molecule has 0 bridgehead atoms. The fourth-order valence-electron chi connectivity index (χ4n) is 1.04. The summed E-state index contributed by atoms with van der Waals surface area (Å²) in [7, 11) is 0. The van der Waals surface area contributed by atoms with Crippen LogP contribution in [0.15, 0.2) is 4.52 Å². The first kappa shape index (κ1) is 10.7. The van der Waals surface area contributed by atoms with Crippen molar-refractivity contribution in [3.05, 3.63) is 11.7 Å². The van der Waals surface area contributed by atoms with E-state index in [1.54, 1.807) is 0 Å². The zero-order chi connectivity index (χ0) is 10.2. The minimum Gasteiger partial charge on any atom is -0.338 e. The molecule has 0 aliphatic carbocycles. The van der Waals surface area contributed by atoms with Gasteiger partial charge in [0, 0.05) is 6.42 Å². The van der Waals surface area contributed by atoms with Gasteiger partial charge in [0.1, 0.15) is 0 Å². The first-order chi connectivity index (χ1) is 6.86. The Kier molecular flexibility index (Phi) is 4.73. The monoisotopic (exact) mass is 193 g/mol. The number of aromatic nitrogens is 2. The molecule has 0 aliphatic rings. The van der Waals surface area contributed by atoms with Crippen LogP contribution in [0.5, 0.6) is 0 Å². The number of nitrogens with one attached hydrogen (secondary N) is 1. The molecule has 4 nitrogen and oxygen atoms in total. The van der Waals surface area contributed by atoms with Gasteiger partial charge in [-0.05, 0) is 6.42 Å². The zero-order valence-electron chi connectivity index (χ0n) is 8.42. The Morgan fingerprint density at radius 1 is 1.57 bits per heavy atom. The van der Waals surface area contributed by atoms with Crippen LogP contribution in [0.2, 0.25) is 0 Å². The highest BCUT2D eigenvalue weighted by Gasteiger charge is 2.04. The van der Waals surface area contributed by atoms with Gasteiger partial charge in [0.2, 0.25) is 5.89 Å². The lowest BCUT2D eigenvalue weighted by atomic mass is 10.2. The van der Waals surface area contributed by atoms with E-state index in [0.29, 0.717) is 19.0 Å². The van der Waals surface area contributed by atoms with E-state index in [0.717, 1.165) is 25.1 Å². The zero-order valence-corrected chi connectivity index (χ0v) is 8.42. The Bertz CT molecular complexity index is 301. The molecule has 1 aromatic heterocycles. The number of hydrogen-bond acceptors (Lipinski definition) is 4. The standard InChI is InChI=1S/C10H15N3O/c1-3-5-6-9-12-10(14-13-9)8-11-7-4-2/h2,11H,3,5-8H2,1H3. The van der Waals surface area contributed by atoms with E-state index in [1.165, 1.54) is 0 Å². The second kappa shape index (κ2) is 6.17. The van der Waals surface area contributed by atoms with E-state index in [4.69, 9.17) is 10.9 Å². The molecule has 0 saturated carbocycles. The fourth-order valence-corrected chi connectivity index (χ4v) is 1.04. The van der Waals surface area contributed by atoms with Crippen molar-refractivity contribution < 1.29 is 4.52 Å². The van der Waals surface area contributed by atoms with E-state index >= 15 is 0 Å². The Morgan fingerprint density at radius 2 is 2.43 bits per heavy atom. The van der Waals surface area contributed by atoms with Crippen molar-refractivity contribution in [2.45, 2.75) is 32.7 Å². The lowest BCUT2D eigenvalue weighted by Crippen LogP contribution is -2.13. The van der Waals surface area contributed by atoms with Crippen molar-refractivity contribution >= 4 is 0 Å². The molecule has 1 N–H and O–H groups in total. The van der Waals surface area contributed by atoms with Crippen molar-refractivity contribution in [3.8, 4) is 12.3 Å². The molecule has 0 fully saturated rings. The SMILES string of the molecule is C#CCNCc1nc(CCCC)no1. The average Bonchev–Trinajstić information content (AvgIpc) is 2.63. The molecule has 4 heteroatoms. The van der Waals surface area contributed by atoms with Gasteiger partial charge in [-0.1, -0.05) is 24.4 Å². The van der Waals surface area contributed by atoms with Gasteiger partial charge in [-0.3, -0.25) is 5.32 Å². The molecular formula is C10H15N3O. The molecule has 0 spiro atoms. The van der Waals surface area contributed by atoms with E-state index in [1.807, 2.05) is 0 Å². The average molecular weight is 193 g/mol. The molecule has 14 heavy (non-hydrogen) atoms. The molecular weight excluding hydrogens is 178 g/mol. The molecule has 0 amide bonds. The highest BCUT2D eigenvalue weighted by molar-refractivity contribution is 4.89. The summed E-state index contributed by atoms with van der Waals surface area (Å²) in [5, 5.41) is 6.84. The summed E-state index contributed by atoms with van der Waals surface area (Å²) in [6, 6.07) is 0. The number of aryl methyl sites for hydroxylation is 1. The van der Waals surface area contributed by atoms with Crippen molar-refractivity contribution in [2.75, 3.05) is 6.54 Å². The summed E-state index contributed by atoms with van der Waals surface area (Å²) in [4.78, 5) is 4.21. The number of hydrogen-bond donors (Lipinski definition) is 1.